The van der Waals surface area contributed by atoms with Gasteiger partial charge in [0.25, 0.3) is 5.69 Å². The van der Waals surface area contributed by atoms with Crippen LogP contribution in [0.5, 0.6) is 0 Å². The Labute approximate surface area is 159 Å². The van der Waals surface area contributed by atoms with Gasteiger partial charge < -0.3 is 4.74 Å². The number of rotatable bonds is 3. The number of aryl methyl sites for hydroxylation is 2. The van der Waals surface area contributed by atoms with E-state index in [0.717, 1.165) is 36.8 Å². The van der Waals surface area contributed by atoms with Crippen LogP contribution in [0.25, 0.3) is 0 Å². The highest BCUT2D eigenvalue weighted by Gasteiger charge is 2.53. The number of ether oxygens (including phenoxy) is 1. The van der Waals surface area contributed by atoms with Crippen molar-refractivity contribution in [3.05, 3.63) is 38.9 Å². The van der Waals surface area contributed by atoms with Gasteiger partial charge in [-0.25, -0.2) is 4.79 Å². The first-order valence-electron chi connectivity index (χ1n) is 9.56. The van der Waals surface area contributed by atoms with Crippen molar-refractivity contribution in [2.75, 3.05) is 13.7 Å². The molecule has 1 heterocycles. The number of carbonyl (C=O) groups excluding carboxylic acids is 2. The summed E-state index contributed by atoms with van der Waals surface area (Å²) >= 11 is 0. The summed E-state index contributed by atoms with van der Waals surface area (Å²) in [6, 6.07) is 3.49. The van der Waals surface area contributed by atoms with Crippen molar-refractivity contribution >= 4 is 17.7 Å². The molecule has 2 unspecified atom stereocenters. The molecule has 1 aromatic rings. The van der Waals surface area contributed by atoms with Gasteiger partial charge in [0.15, 0.2) is 0 Å². The van der Waals surface area contributed by atoms with Gasteiger partial charge in [0.2, 0.25) is 0 Å². The zero-order valence-electron chi connectivity index (χ0n) is 16.2. The van der Waals surface area contributed by atoms with Crippen LogP contribution in [0.1, 0.15) is 49.3 Å². The zero-order valence-corrected chi connectivity index (χ0v) is 16.2. The van der Waals surface area contributed by atoms with Gasteiger partial charge in [0.05, 0.1) is 25.0 Å². The fourth-order valence-corrected chi connectivity index (χ4v) is 4.76. The number of hydrogen-bond donors (Lipinski definition) is 0. The summed E-state index contributed by atoms with van der Waals surface area (Å²) in [4.78, 5) is 36.5. The Hall–Kier alpha value is -2.28. The minimum Gasteiger partial charge on any atom is -0.423 e. The van der Waals surface area contributed by atoms with Crippen LogP contribution in [0.2, 0.25) is 0 Å². The van der Waals surface area contributed by atoms with Gasteiger partial charge in [-0.15, -0.1) is 0 Å². The Balaban J connectivity index is 1.79. The van der Waals surface area contributed by atoms with E-state index in [1.807, 2.05) is 13.0 Å². The summed E-state index contributed by atoms with van der Waals surface area (Å²) in [5, 5.41) is 11.2. The number of carbonyl (C=O) groups is 2. The maximum Gasteiger partial charge on any atom is 0.523 e. The zero-order chi connectivity index (χ0) is 19.8. The van der Waals surface area contributed by atoms with Crippen molar-refractivity contribution in [3.8, 4) is 0 Å². The quantitative estimate of drug-likeness (QED) is 0.457. The lowest BCUT2D eigenvalue weighted by molar-refractivity contribution is -0.793. The monoisotopic (exact) mass is 375 g/mol. The highest BCUT2D eigenvalue weighted by atomic mass is 16.6. The predicted molar refractivity (Wildman–Crippen MR) is 99.2 cm³/mol. The van der Waals surface area contributed by atoms with Gasteiger partial charge in [-0.05, 0) is 56.2 Å². The van der Waals surface area contributed by atoms with Crippen LogP contribution in [0.3, 0.4) is 0 Å². The first-order chi connectivity index (χ1) is 12.8. The third kappa shape index (κ3) is 3.36. The minimum absolute atomic E-state index is 0.0652. The fraction of sp³-hybridized carbons (Fsp3) is 0.600. The second-order valence-corrected chi connectivity index (χ2v) is 7.92. The molecule has 0 bridgehead atoms. The average Bonchev–Trinajstić information content (AvgIpc) is 3.03. The lowest BCUT2D eigenvalue weighted by Crippen LogP contribution is -2.59. The SMILES string of the molecule is COC(=O)[N+]1(C(=O)CC2CCc3cc(C)c([N+](=O)[O-])cc3C2)CCC[C@H]1C. The Bertz CT molecular complexity index is 791. The molecule has 3 rings (SSSR count). The van der Waals surface area contributed by atoms with E-state index in [9.17, 15) is 19.7 Å². The summed E-state index contributed by atoms with van der Waals surface area (Å²) in [5.74, 6) is 0.0154. The molecule has 0 saturated carbocycles. The molecule has 1 aliphatic carbocycles. The Morgan fingerprint density at radius 3 is 2.63 bits per heavy atom. The molecule has 0 radical (unpaired) electrons. The number of amides is 2. The van der Waals surface area contributed by atoms with Crippen molar-refractivity contribution in [2.24, 2.45) is 5.92 Å². The maximum atomic E-state index is 13.2. The van der Waals surface area contributed by atoms with Crippen LogP contribution in [0.4, 0.5) is 10.5 Å². The average molecular weight is 375 g/mol. The number of nitrogens with zero attached hydrogens (tertiary/aromatic N) is 2. The van der Waals surface area contributed by atoms with E-state index in [1.165, 1.54) is 7.11 Å². The molecule has 3 atom stereocenters. The molecule has 27 heavy (non-hydrogen) atoms. The predicted octanol–water partition coefficient (Wildman–Crippen LogP) is 3.69. The molecule has 1 aliphatic heterocycles. The lowest BCUT2D eigenvalue weighted by Gasteiger charge is -2.33. The van der Waals surface area contributed by atoms with Crippen LogP contribution < -0.4 is 0 Å². The van der Waals surface area contributed by atoms with Crippen molar-refractivity contribution < 1.29 is 23.7 Å². The second kappa shape index (κ2) is 7.38. The number of likely N-dealkylation sites (tertiary alicyclic amines) is 1. The molecule has 1 fully saturated rings. The molecular weight excluding hydrogens is 348 g/mol. The van der Waals surface area contributed by atoms with E-state index < -0.39 is 6.09 Å². The Morgan fingerprint density at radius 2 is 2.04 bits per heavy atom. The molecule has 1 aromatic carbocycles. The molecule has 0 spiro atoms. The van der Waals surface area contributed by atoms with Gasteiger partial charge in [-0.1, -0.05) is 0 Å². The van der Waals surface area contributed by atoms with E-state index in [-0.39, 0.29) is 33.0 Å². The molecule has 1 saturated heterocycles. The third-order valence-electron chi connectivity index (χ3n) is 6.34. The topological polar surface area (TPSA) is 86.5 Å². The number of quaternary nitrogens is 1. The van der Waals surface area contributed by atoms with E-state index in [4.69, 9.17) is 4.74 Å². The number of imide groups is 1. The van der Waals surface area contributed by atoms with Crippen LogP contribution in [-0.4, -0.2) is 41.1 Å². The summed E-state index contributed by atoms with van der Waals surface area (Å²) in [7, 11) is 1.33. The van der Waals surface area contributed by atoms with Gasteiger partial charge in [0.1, 0.15) is 6.04 Å². The number of benzene rings is 1. The van der Waals surface area contributed by atoms with E-state index in [0.29, 0.717) is 24.9 Å². The van der Waals surface area contributed by atoms with Crippen molar-refractivity contribution in [1.29, 1.82) is 0 Å². The van der Waals surface area contributed by atoms with Gasteiger partial charge in [0, 0.05) is 24.5 Å². The number of methoxy groups -OCH3 is 1. The van der Waals surface area contributed by atoms with Crippen molar-refractivity contribution in [2.45, 2.75) is 58.4 Å². The summed E-state index contributed by atoms with van der Waals surface area (Å²) in [6.45, 7) is 4.19. The number of nitro groups is 1. The smallest absolute Gasteiger partial charge is 0.423 e. The number of fused-ring (bicyclic) bond motifs is 1. The maximum absolute atomic E-state index is 13.2. The van der Waals surface area contributed by atoms with Crippen molar-refractivity contribution in [3.63, 3.8) is 0 Å². The third-order valence-corrected chi connectivity index (χ3v) is 6.34. The highest BCUT2D eigenvalue weighted by Crippen LogP contribution is 2.35. The van der Waals surface area contributed by atoms with E-state index in [2.05, 4.69) is 0 Å². The molecule has 2 aliphatic rings. The van der Waals surface area contributed by atoms with E-state index >= 15 is 0 Å². The molecule has 7 nitrogen and oxygen atoms in total. The first kappa shape index (κ1) is 19.5. The molecule has 0 N–H and O–H groups in total. The van der Waals surface area contributed by atoms with Gasteiger partial charge >= 0.3 is 12.0 Å². The normalized spacial score (nSPS) is 27.1. The standard InChI is InChI=1S/C20H27N2O5/c1-13-9-16-7-6-15(10-17(16)12-18(13)21(25)26)11-19(23)22(20(24)27-3)8-4-5-14(22)2/h9,12,14-15H,4-8,10-11H2,1-3H3/q+1/t14-,15?,22?/m1/s1. The summed E-state index contributed by atoms with van der Waals surface area (Å²) in [6.07, 6.45) is 3.80. The summed E-state index contributed by atoms with van der Waals surface area (Å²) < 4.78 is 4.75. The van der Waals surface area contributed by atoms with Crippen LogP contribution >= 0.6 is 0 Å². The number of nitro benzene ring substituents is 1. The Kier molecular flexibility index (Phi) is 5.33. The van der Waals surface area contributed by atoms with Gasteiger partial charge in [-0.2, -0.15) is 9.28 Å². The lowest BCUT2D eigenvalue weighted by atomic mass is 9.81. The molecule has 2 amide bonds. The molecule has 146 valence electrons. The molecular formula is C20H27N2O5+. The Morgan fingerprint density at radius 1 is 1.30 bits per heavy atom. The summed E-state index contributed by atoms with van der Waals surface area (Å²) in [5.41, 5.74) is 2.89. The van der Waals surface area contributed by atoms with E-state index in [1.54, 1.807) is 13.0 Å². The molecule has 0 aromatic heterocycles. The van der Waals surface area contributed by atoms with Crippen molar-refractivity contribution in [1.82, 2.24) is 0 Å². The fourth-order valence-electron chi connectivity index (χ4n) is 4.76. The largest absolute Gasteiger partial charge is 0.523 e. The first-order valence-corrected chi connectivity index (χ1v) is 9.56. The number of hydrogen-bond acceptors (Lipinski definition) is 5. The van der Waals surface area contributed by atoms with Crippen LogP contribution in [0.15, 0.2) is 12.1 Å². The van der Waals surface area contributed by atoms with Crippen LogP contribution in [0, 0.1) is 23.0 Å². The minimum atomic E-state index is -0.465. The second-order valence-electron chi connectivity index (χ2n) is 7.92. The molecule has 7 heteroatoms. The van der Waals surface area contributed by atoms with Gasteiger partial charge in [-0.3, -0.25) is 10.1 Å². The highest BCUT2D eigenvalue weighted by molar-refractivity contribution is 5.81. The van der Waals surface area contributed by atoms with Crippen LogP contribution in [-0.2, 0) is 22.4 Å².